The summed E-state index contributed by atoms with van der Waals surface area (Å²) in [6, 6.07) is 14.5. The zero-order valence-electron chi connectivity index (χ0n) is 26.1. The number of piperidine rings is 1. The number of piperazine rings is 1. The fraction of sp³-hybridized carbons (Fsp3) is 0.438. The summed E-state index contributed by atoms with van der Waals surface area (Å²) in [4.78, 5) is 20.2. The quantitative estimate of drug-likeness (QED) is 0.263. The lowest BCUT2D eigenvalue weighted by atomic mass is 10.0. The van der Waals surface area contributed by atoms with Crippen molar-refractivity contribution in [2.45, 2.75) is 25.3 Å². The number of hydrogen-bond acceptors (Lipinski definition) is 10. The second-order valence-corrected chi connectivity index (χ2v) is 14.1. The maximum atomic E-state index is 12.5. The number of aromatic nitrogens is 3. The Morgan fingerprint density at radius 3 is 2.51 bits per heavy atom. The summed E-state index contributed by atoms with van der Waals surface area (Å²) < 4.78 is 32.4. The summed E-state index contributed by atoms with van der Waals surface area (Å²) in [5, 5.41) is 7.57. The van der Waals surface area contributed by atoms with Crippen LogP contribution in [0.2, 0.25) is 0 Å². The molecule has 0 saturated carbocycles. The molecule has 3 N–H and O–H groups in total. The molecular formula is C32H41N9O3S. The molecule has 13 heteroatoms. The predicted octanol–water partition coefficient (Wildman–Crippen LogP) is 3.99. The molecule has 12 nitrogen and oxygen atoms in total. The molecule has 45 heavy (non-hydrogen) atoms. The lowest BCUT2D eigenvalue weighted by Crippen LogP contribution is -2.52. The zero-order valence-corrected chi connectivity index (χ0v) is 26.9. The van der Waals surface area contributed by atoms with Gasteiger partial charge in [0, 0.05) is 69.8 Å². The van der Waals surface area contributed by atoms with Gasteiger partial charge in [-0.1, -0.05) is 12.1 Å². The molecule has 0 unspecified atom stereocenters. The number of para-hydroxylation sites is 1. The van der Waals surface area contributed by atoms with E-state index in [0.717, 1.165) is 80.2 Å². The van der Waals surface area contributed by atoms with Gasteiger partial charge in [-0.2, -0.15) is 9.97 Å². The van der Waals surface area contributed by atoms with E-state index in [1.54, 1.807) is 7.11 Å². The number of aromatic amines is 1. The highest BCUT2D eigenvalue weighted by Gasteiger charge is 2.30. The molecule has 2 aromatic heterocycles. The number of rotatable bonds is 8. The first-order chi connectivity index (χ1) is 21.8. The summed E-state index contributed by atoms with van der Waals surface area (Å²) in [6.45, 7) is 7.04. The third-order valence-corrected chi connectivity index (χ3v) is 10.5. The summed E-state index contributed by atoms with van der Waals surface area (Å²) in [7, 11) is 0.498. The number of nitrogens with one attached hydrogen (secondary N) is 3. The molecule has 0 amide bonds. The highest BCUT2D eigenvalue weighted by molar-refractivity contribution is 7.92. The topological polar surface area (TPSA) is 122 Å². The number of likely N-dealkylation sites (N-methyl/N-ethyl adjacent to an activating group) is 1. The molecule has 0 radical (unpaired) electrons. The van der Waals surface area contributed by atoms with Crippen molar-refractivity contribution in [2.24, 2.45) is 0 Å². The van der Waals surface area contributed by atoms with Crippen molar-refractivity contribution in [3.8, 4) is 5.75 Å². The van der Waals surface area contributed by atoms with E-state index in [4.69, 9.17) is 14.7 Å². The Labute approximate surface area is 264 Å². The highest BCUT2D eigenvalue weighted by Crippen LogP contribution is 2.40. The number of benzene rings is 2. The Morgan fingerprint density at radius 2 is 1.76 bits per heavy atom. The number of methoxy groups -OCH3 is 1. The number of fused-ring (bicyclic) bond motifs is 2. The minimum atomic E-state index is -3.42. The predicted molar refractivity (Wildman–Crippen MR) is 180 cm³/mol. The van der Waals surface area contributed by atoms with E-state index in [-0.39, 0.29) is 0 Å². The fourth-order valence-corrected chi connectivity index (χ4v) is 7.85. The number of ether oxygens (including phenoxy) is 1. The number of nitrogens with zero attached hydrogens (tertiary/aromatic N) is 6. The standard InChI is InChI=1S/C32H41N9O3S/c1-38-17-19-39(20-18-38)24-11-14-40(15-12-24)27-8-7-23(21-28(27)44-2)34-32-36-30-25(9-13-33-30)31(37-32)35-26-6-4-5-22-10-16-41(29(22)26)45(3,42)43/h4-9,13,21,24H,10-12,14-20H2,1-3H3,(H3,33,34,35,36,37). The number of anilines is 6. The van der Waals surface area contributed by atoms with Gasteiger partial charge in [0.15, 0.2) is 0 Å². The van der Waals surface area contributed by atoms with E-state index in [0.29, 0.717) is 47.8 Å². The van der Waals surface area contributed by atoms with Crippen molar-refractivity contribution < 1.29 is 13.2 Å². The maximum absolute atomic E-state index is 12.5. The molecule has 4 aromatic rings. The van der Waals surface area contributed by atoms with Gasteiger partial charge in [-0.3, -0.25) is 9.21 Å². The Morgan fingerprint density at radius 1 is 0.956 bits per heavy atom. The average molecular weight is 632 g/mol. The minimum absolute atomic E-state index is 0.405. The van der Waals surface area contributed by atoms with Crippen LogP contribution in [0.4, 0.5) is 34.5 Å². The molecule has 2 aromatic carbocycles. The third kappa shape index (κ3) is 5.99. The molecule has 0 atom stereocenters. The van der Waals surface area contributed by atoms with Crippen LogP contribution in [0.3, 0.4) is 0 Å². The zero-order chi connectivity index (χ0) is 31.1. The van der Waals surface area contributed by atoms with Crippen LogP contribution in [0.25, 0.3) is 11.0 Å². The van der Waals surface area contributed by atoms with E-state index in [1.807, 2.05) is 42.6 Å². The molecule has 2 fully saturated rings. The van der Waals surface area contributed by atoms with E-state index < -0.39 is 10.0 Å². The van der Waals surface area contributed by atoms with Crippen molar-refractivity contribution in [1.29, 1.82) is 0 Å². The largest absolute Gasteiger partial charge is 0.495 e. The first-order valence-electron chi connectivity index (χ1n) is 15.6. The van der Waals surface area contributed by atoms with Crippen LogP contribution < -0.4 is 24.6 Å². The lowest BCUT2D eigenvalue weighted by molar-refractivity contribution is 0.0981. The second-order valence-electron chi connectivity index (χ2n) is 12.2. The van der Waals surface area contributed by atoms with Crippen molar-refractivity contribution in [3.05, 3.63) is 54.2 Å². The molecule has 7 rings (SSSR count). The first kappa shape index (κ1) is 29.6. The smallest absolute Gasteiger partial charge is 0.232 e. The van der Waals surface area contributed by atoms with Crippen molar-refractivity contribution in [2.75, 3.05) is 86.1 Å². The van der Waals surface area contributed by atoms with E-state index in [9.17, 15) is 8.42 Å². The van der Waals surface area contributed by atoms with Crippen molar-refractivity contribution in [3.63, 3.8) is 0 Å². The van der Waals surface area contributed by atoms with Crippen LogP contribution in [-0.2, 0) is 16.4 Å². The highest BCUT2D eigenvalue weighted by atomic mass is 32.2. The Hall–Kier alpha value is -4.07. The summed E-state index contributed by atoms with van der Waals surface area (Å²) >= 11 is 0. The molecule has 2 saturated heterocycles. The molecule has 0 spiro atoms. The molecule has 0 aliphatic carbocycles. The molecule has 238 valence electrons. The minimum Gasteiger partial charge on any atom is -0.495 e. The van der Waals surface area contributed by atoms with Gasteiger partial charge in [0.2, 0.25) is 16.0 Å². The summed E-state index contributed by atoms with van der Waals surface area (Å²) in [5.41, 5.74) is 4.91. The van der Waals surface area contributed by atoms with E-state index in [2.05, 4.69) is 43.4 Å². The van der Waals surface area contributed by atoms with Crippen LogP contribution in [-0.4, -0.2) is 105 Å². The van der Waals surface area contributed by atoms with Crippen molar-refractivity contribution >= 4 is 55.6 Å². The van der Waals surface area contributed by atoms with Crippen LogP contribution in [0.15, 0.2) is 48.7 Å². The van der Waals surface area contributed by atoms with Crippen LogP contribution in [0, 0.1) is 0 Å². The third-order valence-electron chi connectivity index (χ3n) is 9.32. The molecule has 3 aliphatic heterocycles. The normalized spacial score (nSPS) is 18.4. The monoisotopic (exact) mass is 631 g/mol. The number of sulfonamides is 1. The Kier molecular flexibility index (Phi) is 7.92. The molecule has 0 bridgehead atoms. The van der Waals surface area contributed by atoms with Gasteiger partial charge in [-0.25, -0.2) is 8.42 Å². The van der Waals surface area contributed by atoms with E-state index >= 15 is 0 Å². The molecule has 3 aliphatic rings. The van der Waals surface area contributed by atoms with Gasteiger partial charge in [0.25, 0.3) is 0 Å². The fourth-order valence-electron chi connectivity index (χ4n) is 6.88. The molecule has 5 heterocycles. The van der Waals surface area contributed by atoms with Crippen molar-refractivity contribution in [1.82, 2.24) is 24.8 Å². The number of H-pyrrole nitrogens is 1. The Balaban J connectivity index is 1.10. The Bertz CT molecular complexity index is 1790. The van der Waals surface area contributed by atoms with Crippen LogP contribution >= 0.6 is 0 Å². The van der Waals surface area contributed by atoms with Crippen LogP contribution in [0.5, 0.6) is 5.75 Å². The van der Waals surface area contributed by atoms with Gasteiger partial charge < -0.3 is 30.2 Å². The summed E-state index contributed by atoms with van der Waals surface area (Å²) in [6.07, 6.45) is 6.03. The van der Waals surface area contributed by atoms with Crippen LogP contribution in [0.1, 0.15) is 18.4 Å². The van der Waals surface area contributed by atoms with E-state index in [1.165, 1.54) is 10.6 Å². The maximum Gasteiger partial charge on any atom is 0.232 e. The lowest BCUT2D eigenvalue weighted by Gasteiger charge is -2.42. The molecular weight excluding hydrogens is 590 g/mol. The number of hydrogen-bond donors (Lipinski definition) is 3. The van der Waals surface area contributed by atoms with Gasteiger partial charge in [0.05, 0.1) is 35.8 Å². The van der Waals surface area contributed by atoms with Gasteiger partial charge in [-0.15, -0.1) is 0 Å². The first-order valence-corrected chi connectivity index (χ1v) is 17.5. The van der Waals surface area contributed by atoms with Gasteiger partial charge in [-0.05, 0) is 56.1 Å². The second kappa shape index (κ2) is 12.0. The average Bonchev–Trinajstić information content (AvgIpc) is 3.70. The van der Waals surface area contributed by atoms with Gasteiger partial charge in [0.1, 0.15) is 17.2 Å². The SMILES string of the molecule is COc1cc(Nc2nc(Nc3cccc4c3N(S(C)(=O)=O)CC4)c3cc[nH]c3n2)ccc1N1CCC(N2CCN(C)CC2)CC1. The summed E-state index contributed by atoms with van der Waals surface area (Å²) in [5.74, 6) is 1.78. The van der Waals surface area contributed by atoms with Gasteiger partial charge >= 0.3 is 0 Å².